The Morgan fingerprint density at radius 2 is 1.60 bits per heavy atom. The molecule has 0 unspecified atom stereocenters. The lowest BCUT2D eigenvalue weighted by Crippen LogP contribution is -2.41. The van der Waals surface area contributed by atoms with Crippen molar-refractivity contribution >= 4 is 14.3 Å². The quantitative estimate of drug-likeness (QED) is 0.236. The highest BCUT2D eigenvalue weighted by atomic mass is 28.4. The smallest absolute Gasteiger partial charge is 0.306 e. The number of methoxy groups -OCH3 is 1. The average molecular weight is 501 g/mol. The van der Waals surface area contributed by atoms with Crippen molar-refractivity contribution in [2.75, 3.05) is 13.7 Å². The van der Waals surface area contributed by atoms with Crippen LogP contribution in [0.4, 0.5) is 0 Å². The predicted octanol–water partition coefficient (Wildman–Crippen LogP) is 7.50. The van der Waals surface area contributed by atoms with E-state index in [-0.39, 0.29) is 16.9 Å². The molecule has 6 heteroatoms. The molecule has 0 spiro atoms. The molecule has 0 saturated carbocycles. The van der Waals surface area contributed by atoms with Gasteiger partial charge in [-0.2, -0.15) is 0 Å². The van der Waals surface area contributed by atoms with E-state index in [0.29, 0.717) is 37.6 Å². The van der Waals surface area contributed by atoms with Gasteiger partial charge in [-0.05, 0) is 68.6 Å². The molecule has 0 aliphatic heterocycles. The largest absolute Gasteiger partial charge is 0.493 e. The van der Waals surface area contributed by atoms with E-state index < -0.39 is 13.9 Å². The molecule has 2 aromatic rings. The maximum Gasteiger partial charge on any atom is 0.306 e. The predicted molar refractivity (Wildman–Crippen MR) is 145 cm³/mol. The minimum Gasteiger partial charge on any atom is -0.493 e. The lowest BCUT2D eigenvalue weighted by molar-refractivity contribution is -0.155. The van der Waals surface area contributed by atoms with Gasteiger partial charge in [-0.3, -0.25) is 4.79 Å². The normalized spacial score (nSPS) is 13.3. The fourth-order valence-electron chi connectivity index (χ4n) is 3.35. The molecular formula is C29H44O5Si. The standard InChI is InChI=1S/C29H44O5Si/c1-28(2,3)34-27(30)18-16-24(21-33-35(8,9)29(4,5)6)23-15-17-25(31-7)26(19-23)32-20-22-13-11-10-12-14-22/h10-15,17,19,24H,16,18,20-21H2,1-9H3/t24-/m1/s1. The Morgan fingerprint density at radius 3 is 2.17 bits per heavy atom. The highest BCUT2D eigenvalue weighted by molar-refractivity contribution is 6.74. The number of hydrogen-bond acceptors (Lipinski definition) is 5. The van der Waals surface area contributed by atoms with Gasteiger partial charge >= 0.3 is 5.97 Å². The van der Waals surface area contributed by atoms with Crippen molar-refractivity contribution in [3.8, 4) is 11.5 Å². The maximum atomic E-state index is 12.5. The molecule has 35 heavy (non-hydrogen) atoms. The van der Waals surface area contributed by atoms with Crippen molar-refractivity contribution in [1.29, 1.82) is 0 Å². The minimum atomic E-state index is -1.96. The number of ether oxygens (including phenoxy) is 3. The third-order valence-electron chi connectivity index (χ3n) is 6.46. The Labute approximate surface area is 213 Å². The van der Waals surface area contributed by atoms with Crippen LogP contribution in [0, 0.1) is 0 Å². The number of carbonyl (C=O) groups excluding carboxylic acids is 1. The number of hydrogen-bond donors (Lipinski definition) is 0. The van der Waals surface area contributed by atoms with E-state index in [1.807, 2.05) is 69.3 Å². The molecule has 0 aromatic heterocycles. The molecule has 0 aliphatic carbocycles. The first-order valence-electron chi connectivity index (χ1n) is 12.4. The molecular weight excluding hydrogens is 456 g/mol. The molecule has 1 atom stereocenters. The molecule has 0 radical (unpaired) electrons. The average Bonchev–Trinajstić information content (AvgIpc) is 2.76. The zero-order valence-electron chi connectivity index (χ0n) is 23.1. The summed E-state index contributed by atoms with van der Waals surface area (Å²) < 4.78 is 23.8. The zero-order chi connectivity index (χ0) is 26.3. The van der Waals surface area contributed by atoms with E-state index in [1.54, 1.807) is 7.11 Å². The van der Waals surface area contributed by atoms with Crippen molar-refractivity contribution in [1.82, 2.24) is 0 Å². The van der Waals surface area contributed by atoms with Gasteiger partial charge in [-0.1, -0.05) is 57.2 Å². The van der Waals surface area contributed by atoms with Gasteiger partial charge < -0.3 is 18.6 Å². The highest BCUT2D eigenvalue weighted by Gasteiger charge is 2.37. The topological polar surface area (TPSA) is 54.0 Å². The Bertz CT molecular complexity index is 942. The fourth-order valence-corrected chi connectivity index (χ4v) is 4.40. The van der Waals surface area contributed by atoms with Crippen molar-refractivity contribution < 1.29 is 23.4 Å². The van der Waals surface area contributed by atoms with Crippen LogP contribution < -0.4 is 9.47 Å². The molecule has 0 bridgehead atoms. The van der Waals surface area contributed by atoms with Crippen LogP contribution in [0.2, 0.25) is 18.1 Å². The summed E-state index contributed by atoms with van der Waals surface area (Å²) in [6, 6.07) is 16.1. The third kappa shape index (κ3) is 9.34. The second-order valence-electron chi connectivity index (χ2n) is 11.6. The van der Waals surface area contributed by atoms with Gasteiger partial charge in [0.05, 0.1) is 7.11 Å². The maximum absolute atomic E-state index is 12.5. The van der Waals surface area contributed by atoms with Crippen LogP contribution in [0.15, 0.2) is 48.5 Å². The Morgan fingerprint density at radius 1 is 0.943 bits per heavy atom. The van der Waals surface area contributed by atoms with E-state index in [9.17, 15) is 4.79 Å². The molecule has 2 rings (SSSR count). The summed E-state index contributed by atoms with van der Waals surface area (Å²) in [5.41, 5.74) is 1.65. The monoisotopic (exact) mass is 500 g/mol. The molecule has 194 valence electrons. The van der Waals surface area contributed by atoms with Crippen LogP contribution >= 0.6 is 0 Å². The minimum absolute atomic E-state index is 0.0293. The summed E-state index contributed by atoms with van der Waals surface area (Å²) in [6.07, 6.45) is 0.961. The summed E-state index contributed by atoms with van der Waals surface area (Å²) in [4.78, 5) is 12.5. The highest BCUT2D eigenvalue weighted by Crippen LogP contribution is 2.39. The molecule has 0 heterocycles. The Hall–Kier alpha value is -2.31. The van der Waals surface area contributed by atoms with E-state index in [0.717, 1.165) is 11.1 Å². The van der Waals surface area contributed by atoms with Gasteiger partial charge in [0.15, 0.2) is 19.8 Å². The molecule has 0 amide bonds. The van der Waals surface area contributed by atoms with Gasteiger partial charge in [-0.15, -0.1) is 0 Å². The van der Waals surface area contributed by atoms with Gasteiger partial charge in [0.2, 0.25) is 0 Å². The summed E-state index contributed by atoms with van der Waals surface area (Å²) in [5, 5.41) is 0.104. The summed E-state index contributed by atoms with van der Waals surface area (Å²) >= 11 is 0. The molecule has 5 nitrogen and oxygen atoms in total. The van der Waals surface area contributed by atoms with Gasteiger partial charge in [0, 0.05) is 18.9 Å². The van der Waals surface area contributed by atoms with Gasteiger partial charge in [0.1, 0.15) is 12.2 Å². The van der Waals surface area contributed by atoms with Gasteiger partial charge in [-0.25, -0.2) is 0 Å². The number of benzene rings is 2. The van der Waals surface area contributed by atoms with Crippen molar-refractivity contribution in [2.45, 2.75) is 90.6 Å². The zero-order valence-corrected chi connectivity index (χ0v) is 24.1. The Kier molecular flexibility index (Phi) is 9.99. The molecule has 2 aromatic carbocycles. The van der Waals surface area contributed by atoms with Crippen molar-refractivity contribution in [2.24, 2.45) is 0 Å². The van der Waals surface area contributed by atoms with E-state index >= 15 is 0 Å². The van der Waals surface area contributed by atoms with E-state index in [1.165, 1.54) is 0 Å². The number of esters is 1. The summed E-state index contributed by atoms with van der Waals surface area (Å²) in [5.74, 6) is 1.20. The molecule has 0 fully saturated rings. The van der Waals surface area contributed by atoms with E-state index in [4.69, 9.17) is 18.6 Å². The summed E-state index contributed by atoms with van der Waals surface area (Å²) in [6.45, 7) is 17.9. The van der Waals surface area contributed by atoms with E-state index in [2.05, 4.69) is 33.9 Å². The SMILES string of the molecule is COc1ccc([C@H](CCC(=O)OC(C)(C)C)CO[Si](C)(C)C(C)(C)C)cc1OCc1ccccc1. The van der Waals surface area contributed by atoms with Crippen LogP contribution in [-0.4, -0.2) is 33.6 Å². The van der Waals surface area contributed by atoms with Crippen LogP contribution in [0.3, 0.4) is 0 Å². The second-order valence-corrected chi connectivity index (χ2v) is 16.4. The summed E-state index contributed by atoms with van der Waals surface area (Å²) in [7, 11) is -0.314. The van der Waals surface area contributed by atoms with Gasteiger partial charge in [0.25, 0.3) is 0 Å². The van der Waals surface area contributed by atoms with Crippen LogP contribution in [-0.2, 0) is 20.6 Å². The first kappa shape index (κ1) is 28.9. The second kappa shape index (κ2) is 12.1. The lowest BCUT2D eigenvalue weighted by Gasteiger charge is -2.37. The number of carbonyl (C=O) groups is 1. The first-order valence-corrected chi connectivity index (χ1v) is 15.3. The molecule has 0 saturated heterocycles. The third-order valence-corrected chi connectivity index (χ3v) is 11.0. The van der Waals surface area contributed by atoms with Crippen LogP contribution in [0.1, 0.15) is 71.4 Å². The molecule has 0 aliphatic rings. The molecule has 0 N–H and O–H groups in total. The Balaban J connectivity index is 2.26. The number of rotatable bonds is 11. The van der Waals surface area contributed by atoms with Crippen LogP contribution in [0.25, 0.3) is 0 Å². The fraction of sp³-hybridized carbons (Fsp3) is 0.552. The van der Waals surface area contributed by atoms with Crippen molar-refractivity contribution in [3.63, 3.8) is 0 Å². The van der Waals surface area contributed by atoms with Crippen molar-refractivity contribution in [3.05, 3.63) is 59.7 Å². The lowest BCUT2D eigenvalue weighted by atomic mass is 9.94. The van der Waals surface area contributed by atoms with Crippen LogP contribution in [0.5, 0.6) is 11.5 Å². The first-order chi connectivity index (χ1) is 16.2.